The van der Waals surface area contributed by atoms with Crippen molar-refractivity contribution in [3.8, 4) is 28.4 Å². The maximum Gasteiger partial charge on any atom is 0.271 e. The minimum Gasteiger partial charge on any atom is -0.493 e. The summed E-state index contributed by atoms with van der Waals surface area (Å²) in [6, 6.07) is 14.3. The smallest absolute Gasteiger partial charge is 0.271 e. The summed E-state index contributed by atoms with van der Waals surface area (Å²) in [5.74, 6) is 1.14. The van der Waals surface area contributed by atoms with Crippen LogP contribution in [-0.4, -0.2) is 38.7 Å². The summed E-state index contributed by atoms with van der Waals surface area (Å²) in [6.45, 7) is 0. The molecule has 2 aromatic carbocycles. The molecule has 0 spiro atoms. The average molecular weight is 386 g/mol. The summed E-state index contributed by atoms with van der Waals surface area (Å²) in [5, 5.41) is 4.39. The molecule has 0 N–H and O–H groups in total. The van der Waals surface area contributed by atoms with E-state index in [1.165, 1.54) is 22.9 Å². The third-order valence-corrected chi connectivity index (χ3v) is 5.12. The van der Waals surface area contributed by atoms with Crippen LogP contribution in [0.3, 0.4) is 0 Å². The van der Waals surface area contributed by atoms with Gasteiger partial charge in [0.1, 0.15) is 0 Å². The van der Waals surface area contributed by atoms with E-state index in [-0.39, 0.29) is 10.5 Å². The lowest BCUT2D eigenvalue weighted by Crippen LogP contribution is -2.20. The fourth-order valence-electron chi connectivity index (χ4n) is 2.58. The van der Waals surface area contributed by atoms with Crippen LogP contribution in [0.4, 0.5) is 0 Å². The van der Waals surface area contributed by atoms with E-state index in [0.29, 0.717) is 22.9 Å². The van der Waals surface area contributed by atoms with Crippen molar-refractivity contribution in [2.45, 2.75) is 4.90 Å². The molecule has 0 atom stereocenters. The molecule has 3 aromatic rings. The largest absolute Gasteiger partial charge is 0.493 e. The van der Waals surface area contributed by atoms with E-state index in [4.69, 9.17) is 9.47 Å². The molecule has 1 aromatic heterocycles. The Morgan fingerprint density at radius 1 is 0.889 bits per heavy atom. The molecular weight excluding hydrogens is 368 g/mol. The number of nitrogens with zero attached hydrogens (tertiary/aromatic N) is 2. The maximum absolute atomic E-state index is 12.2. The molecule has 0 fully saturated rings. The zero-order chi connectivity index (χ0) is 19.6. The Kier molecular flexibility index (Phi) is 5.00. The number of hydrogen-bond donors (Lipinski definition) is 0. The van der Waals surface area contributed by atoms with Crippen LogP contribution in [0, 0.1) is 0 Å². The highest BCUT2D eigenvalue weighted by atomic mass is 32.2. The highest BCUT2D eigenvalue weighted by Gasteiger charge is 2.11. The molecule has 0 saturated heterocycles. The number of benzene rings is 2. The van der Waals surface area contributed by atoms with Crippen LogP contribution in [0.25, 0.3) is 16.9 Å². The summed E-state index contributed by atoms with van der Waals surface area (Å²) in [4.78, 5) is 12.4. The fourth-order valence-corrected chi connectivity index (χ4v) is 3.21. The summed E-state index contributed by atoms with van der Waals surface area (Å²) in [5.41, 5.74) is 1.44. The Morgan fingerprint density at radius 3 is 2.15 bits per heavy atom. The van der Waals surface area contributed by atoms with Crippen molar-refractivity contribution in [3.63, 3.8) is 0 Å². The number of methoxy groups -OCH3 is 2. The van der Waals surface area contributed by atoms with E-state index in [2.05, 4.69) is 5.10 Å². The average Bonchev–Trinajstić information content (AvgIpc) is 2.67. The van der Waals surface area contributed by atoms with Gasteiger partial charge in [-0.05, 0) is 48.5 Å². The van der Waals surface area contributed by atoms with Crippen molar-refractivity contribution >= 4 is 9.84 Å². The van der Waals surface area contributed by atoms with Gasteiger partial charge < -0.3 is 9.47 Å². The summed E-state index contributed by atoms with van der Waals surface area (Å²) >= 11 is 0. The first kappa shape index (κ1) is 18.7. The molecule has 1 heterocycles. The monoisotopic (exact) mass is 386 g/mol. The zero-order valence-electron chi connectivity index (χ0n) is 15.0. The van der Waals surface area contributed by atoms with Crippen molar-refractivity contribution < 1.29 is 17.9 Å². The Balaban J connectivity index is 2.06. The van der Waals surface area contributed by atoms with E-state index < -0.39 is 9.84 Å². The molecule has 0 saturated carbocycles. The predicted octanol–water partition coefficient (Wildman–Crippen LogP) is 2.32. The predicted molar refractivity (Wildman–Crippen MR) is 101 cm³/mol. The normalized spacial score (nSPS) is 11.2. The quantitative estimate of drug-likeness (QED) is 0.669. The third kappa shape index (κ3) is 3.85. The molecule has 0 bridgehead atoms. The summed E-state index contributed by atoms with van der Waals surface area (Å²) < 4.78 is 34.9. The van der Waals surface area contributed by atoms with Gasteiger partial charge in [-0.3, -0.25) is 4.79 Å². The third-order valence-electron chi connectivity index (χ3n) is 3.99. The molecule has 0 aliphatic carbocycles. The number of aromatic nitrogens is 2. The van der Waals surface area contributed by atoms with Gasteiger partial charge >= 0.3 is 0 Å². The topological polar surface area (TPSA) is 87.5 Å². The summed E-state index contributed by atoms with van der Waals surface area (Å²) in [6.07, 6.45) is 1.13. The minimum absolute atomic E-state index is 0.176. The molecule has 27 heavy (non-hydrogen) atoms. The van der Waals surface area contributed by atoms with Crippen molar-refractivity contribution in [1.82, 2.24) is 9.78 Å². The van der Waals surface area contributed by atoms with E-state index in [1.807, 2.05) is 6.07 Å². The van der Waals surface area contributed by atoms with Crippen molar-refractivity contribution in [2.24, 2.45) is 0 Å². The van der Waals surface area contributed by atoms with Crippen LogP contribution in [0.1, 0.15) is 0 Å². The van der Waals surface area contributed by atoms with Gasteiger partial charge in [-0.1, -0.05) is 0 Å². The van der Waals surface area contributed by atoms with E-state index in [0.717, 1.165) is 11.8 Å². The van der Waals surface area contributed by atoms with Crippen LogP contribution in [-0.2, 0) is 9.84 Å². The molecule has 3 rings (SSSR count). The first-order valence-corrected chi connectivity index (χ1v) is 9.86. The second-order valence-electron chi connectivity index (χ2n) is 5.80. The second kappa shape index (κ2) is 7.24. The van der Waals surface area contributed by atoms with E-state index in [1.54, 1.807) is 44.6 Å². The van der Waals surface area contributed by atoms with Gasteiger partial charge in [0, 0.05) is 17.9 Å². The Morgan fingerprint density at radius 2 is 1.56 bits per heavy atom. The van der Waals surface area contributed by atoms with Gasteiger partial charge in [-0.15, -0.1) is 0 Å². The fraction of sp³-hybridized carbons (Fsp3) is 0.158. The van der Waals surface area contributed by atoms with Gasteiger partial charge in [-0.2, -0.15) is 9.78 Å². The highest BCUT2D eigenvalue weighted by Crippen LogP contribution is 2.31. The van der Waals surface area contributed by atoms with Crippen LogP contribution in [0.5, 0.6) is 11.5 Å². The highest BCUT2D eigenvalue weighted by molar-refractivity contribution is 7.90. The molecular formula is C19H18N2O5S. The number of hydrogen-bond acceptors (Lipinski definition) is 6. The summed E-state index contributed by atoms with van der Waals surface area (Å²) in [7, 11) is -0.218. The van der Waals surface area contributed by atoms with Crippen LogP contribution >= 0.6 is 0 Å². The molecule has 0 radical (unpaired) electrons. The molecule has 0 aliphatic rings. The van der Waals surface area contributed by atoms with Gasteiger partial charge in [0.15, 0.2) is 21.3 Å². The van der Waals surface area contributed by atoms with Gasteiger partial charge in [0.25, 0.3) is 5.56 Å². The number of ether oxygens (including phenoxy) is 2. The Hall–Kier alpha value is -3.13. The number of rotatable bonds is 5. The van der Waals surface area contributed by atoms with Crippen molar-refractivity contribution in [3.05, 3.63) is 65.0 Å². The van der Waals surface area contributed by atoms with Gasteiger partial charge in [0.2, 0.25) is 0 Å². The lowest BCUT2D eigenvalue weighted by molar-refractivity contribution is 0.355. The van der Waals surface area contributed by atoms with Crippen LogP contribution < -0.4 is 15.0 Å². The molecule has 0 aliphatic heterocycles. The van der Waals surface area contributed by atoms with Crippen LogP contribution in [0.2, 0.25) is 0 Å². The lowest BCUT2D eigenvalue weighted by atomic mass is 10.1. The molecule has 0 unspecified atom stereocenters. The van der Waals surface area contributed by atoms with Gasteiger partial charge in [-0.25, -0.2) is 8.42 Å². The van der Waals surface area contributed by atoms with Crippen LogP contribution in [0.15, 0.2) is 64.3 Å². The Bertz CT molecular complexity index is 1140. The first-order chi connectivity index (χ1) is 12.8. The lowest BCUT2D eigenvalue weighted by Gasteiger charge is -2.11. The molecule has 8 heteroatoms. The number of sulfone groups is 1. The zero-order valence-corrected chi connectivity index (χ0v) is 15.9. The van der Waals surface area contributed by atoms with Crippen molar-refractivity contribution in [1.29, 1.82) is 0 Å². The van der Waals surface area contributed by atoms with E-state index >= 15 is 0 Å². The minimum atomic E-state index is -3.31. The maximum atomic E-state index is 12.2. The molecule has 0 amide bonds. The second-order valence-corrected chi connectivity index (χ2v) is 7.82. The van der Waals surface area contributed by atoms with Crippen molar-refractivity contribution in [2.75, 3.05) is 20.5 Å². The molecule has 140 valence electrons. The standard InChI is InChI=1S/C19H18N2O5S/c1-25-17-10-4-13(12-18(17)26-2)16-9-11-19(22)21(20-16)14-5-7-15(8-6-14)27(3,23)24/h4-12H,1-3H3. The first-order valence-electron chi connectivity index (χ1n) is 7.97. The Labute approximate surface area is 156 Å². The van der Waals surface area contributed by atoms with E-state index in [9.17, 15) is 13.2 Å². The SMILES string of the molecule is COc1ccc(-c2ccc(=O)n(-c3ccc(S(C)(=O)=O)cc3)n2)cc1OC. The van der Waals surface area contributed by atoms with Gasteiger partial charge in [0.05, 0.1) is 30.5 Å². The molecule has 7 nitrogen and oxygen atoms in total.